The van der Waals surface area contributed by atoms with Crippen molar-refractivity contribution in [2.45, 2.75) is 98.3 Å². The van der Waals surface area contributed by atoms with Gasteiger partial charge in [0, 0.05) is 0 Å². The molecule has 45 heavy (non-hydrogen) atoms. The van der Waals surface area contributed by atoms with E-state index in [9.17, 15) is 0 Å². The van der Waals surface area contributed by atoms with E-state index in [2.05, 4.69) is 166 Å². The molecule has 0 heterocycles. The monoisotopic (exact) mass is 590 g/mol. The normalized spacial score (nSPS) is 14.1. The van der Waals surface area contributed by atoms with Crippen LogP contribution in [-0.4, -0.2) is 0 Å². The lowest BCUT2D eigenvalue weighted by atomic mass is 9.71. The van der Waals surface area contributed by atoms with Crippen LogP contribution in [-0.2, 0) is 10.8 Å². The first kappa shape index (κ1) is 31.1. The molecule has 0 nitrogen and oxygen atoms in total. The van der Waals surface area contributed by atoms with Crippen LogP contribution in [0.2, 0.25) is 0 Å². The third-order valence-corrected chi connectivity index (χ3v) is 9.59. The highest BCUT2D eigenvalue weighted by Crippen LogP contribution is 2.42. The summed E-state index contributed by atoms with van der Waals surface area (Å²) in [6, 6.07) is 27.1. The van der Waals surface area contributed by atoms with Gasteiger partial charge in [0.1, 0.15) is 0 Å². The topological polar surface area (TPSA) is 0 Å². The highest BCUT2D eigenvalue weighted by molar-refractivity contribution is 5.82. The number of allylic oxidation sites excluding steroid dienone is 4. The molecule has 0 bridgehead atoms. The van der Waals surface area contributed by atoms with E-state index in [1.54, 1.807) is 5.56 Å². The highest BCUT2D eigenvalue weighted by Gasteiger charge is 2.32. The lowest BCUT2D eigenvalue weighted by molar-refractivity contribution is 0.570. The van der Waals surface area contributed by atoms with Crippen molar-refractivity contribution in [3.63, 3.8) is 0 Å². The summed E-state index contributed by atoms with van der Waals surface area (Å²) in [4.78, 5) is 0. The van der Waals surface area contributed by atoms with E-state index in [1.807, 2.05) is 0 Å². The average molecular weight is 591 g/mol. The molecule has 0 heteroatoms. The third kappa shape index (κ3) is 5.48. The minimum absolute atomic E-state index is 0.00438. The maximum Gasteiger partial charge on any atom is -0.00227 e. The quantitative estimate of drug-likeness (QED) is 0.191. The summed E-state index contributed by atoms with van der Waals surface area (Å²) in [5.74, 6) is 0.789. The third-order valence-electron chi connectivity index (χ3n) is 9.59. The molecule has 230 valence electrons. The molecule has 0 radical (unpaired) electrons. The minimum Gasteiger partial charge on any atom is -0.0801 e. The standard InChI is InChI=1S/C45H50/c1-28(2)37-38(29(3)4)43(45(8,9)10)41(32-23-17-18-24-32)35-26-33-25-34(44(5,6)7)27-36(40(33)42(35)37)39(30-19-13-11-14-20-30)31-21-15-12-16-22-31/h11-23,25-29H,24H2,1-10H3. The van der Waals surface area contributed by atoms with Gasteiger partial charge >= 0.3 is 0 Å². The van der Waals surface area contributed by atoms with Gasteiger partial charge in [-0.1, -0.05) is 154 Å². The predicted octanol–water partition coefficient (Wildman–Crippen LogP) is 10.5. The van der Waals surface area contributed by atoms with Crippen molar-refractivity contribution in [2.24, 2.45) is 0 Å². The molecule has 0 saturated heterocycles. The molecule has 0 aromatic heterocycles. The number of fused-ring (bicyclic) bond motifs is 2. The van der Waals surface area contributed by atoms with Crippen molar-refractivity contribution in [2.75, 3.05) is 0 Å². The van der Waals surface area contributed by atoms with Gasteiger partial charge in [-0.05, 0) is 118 Å². The fourth-order valence-corrected chi connectivity index (χ4v) is 7.70. The van der Waals surface area contributed by atoms with Crippen molar-refractivity contribution >= 4 is 17.2 Å². The van der Waals surface area contributed by atoms with Crippen LogP contribution in [0.1, 0.15) is 132 Å². The Kier molecular flexibility index (Phi) is 7.93. The molecule has 0 amide bonds. The number of benzene rings is 4. The zero-order valence-corrected chi connectivity index (χ0v) is 29.1. The van der Waals surface area contributed by atoms with Crippen LogP contribution in [0.3, 0.4) is 0 Å². The molecule has 0 aliphatic heterocycles. The first-order valence-electron chi connectivity index (χ1n) is 16.9. The average Bonchev–Trinajstić information content (AvgIpc) is 3.64. The van der Waals surface area contributed by atoms with E-state index in [0.717, 1.165) is 6.42 Å². The van der Waals surface area contributed by atoms with Gasteiger partial charge in [-0.2, -0.15) is 0 Å². The fraction of sp³-hybridized carbons (Fsp3) is 0.333. The second-order valence-electron chi connectivity index (χ2n) is 15.7. The van der Waals surface area contributed by atoms with Crippen molar-refractivity contribution in [1.29, 1.82) is 0 Å². The molecular formula is C45H50. The van der Waals surface area contributed by atoms with E-state index < -0.39 is 0 Å². The van der Waals surface area contributed by atoms with E-state index in [0.29, 0.717) is 11.8 Å². The summed E-state index contributed by atoms with van der Waals surface area (Å²) in [6.07, 6.45) is 10.5. The van der Waals surface area contributed by atoms with Crippen molar-refractivity contribution < 1.29 is 0 Å². The summed E-state index contributed by atoms with van der Waals surface area (Å²) in [5.41, 5.74) is 14.1. The summed E-state index contributed by atoms with van der Waals surface area (Å²) in [7, 11) is 0. The molecule has 0 atom stereocenters. The maximum absolute atomic E-state index is 2.55. The van der Waals surface area contributed by atoms with Crippen LogP contribution >= 0.6 is 0 Å². The second kappa shape index (κ2) is 11.5. The summed E-state index contributed by atoms with van der Waals surface area (Å²) >= 11 is 0. The Labute approximate surface area is 271 Å². The summed E-state index contributed by atoms with van der Waals surface area (Å²) in [5, 5.41) is 5.62. The molecule has 4 aromatic carbocycles. The van der Waals surface area contributed by atoms with Gasteiger partial charge in [0.15, 0.2) is 0 Å². The van der Waals surface area contributed by atoms with Gasteiger partial charge in [0.05, 0.1) is 0 Å². The highest BCUT2D eigenvalue weighted by atomic mass is 14.4. The van der Waals surface area contributed by atoms with Crippen molar-refractivity contribution in [1.82, 2.24) is 0 Å². The predicted molar refractivity (Wildman–Crippen MR) is 195 cm³/mol. The molecular weight excluding hydrogens is 540 g/mol. The van der Waals surface area contributed by atoms with Crippen LogP contribution in [0.25, 0.3) is 17.2 Å². The Balaban J connectivity index is 2.02. The molecule has 0 N–H and O–H groups in total. The zero-order chi connectivity index (χ0) is 32.3. The molecule has 4 aromatic rings. The molecule has 6 rings (SSSR count). The van der Waals surface area contributed by atoms with Crippen LogP contribution in [0.4, 0.5) is 0 Å². The molecule has 0 fully saturated rings. The van der Waals surface area contributed by atoms with Gasteiger partial charge < -0.3 is 0 Å². The Hall–Kier alpha value is -3.90. The Morgan fingerprint density at radius 2 is 1.24 bits per heavy atom. The van der Waals surface area contributed by atoms with Crippen LogP contribution in [0.15, 0.2) is 91.0 Å². The number of rotatable bonds is 5. The van der Waals surface area contributed by atoms with Crippen molar-refractivity contribution in [3.05, 3.63) is 156 Å². The van der Waals surface area contributed by atoms with Crippen LogP contribution < -0.4 is 10.4 Å². The number of hydrogen-bond acceptors (Lipinski definition) is 0. The Morgan fingerprint density at radius 3 is 1.71 bits per heavy atom. The molecule has 0 spiro atoms. The van der Waals surface area contributed by atoms with E-state index in [-0.39, 0.29) is 10.8 Å². The molecule has 0 unspecified atom stereocenters. The van der Waals surface area contributed by atoms with E-state index in [4.69, 9.17) is 0 Å². The van der Waals surface area contributed by atoms with Crippen molar-refractivity contribution in [3.8, 4) is 0 Å². The largest absolute Gasteiger partial charge is 0.0801 e. The lowest BCUT2D eigenvalue weighted by Crippen LogP contribution is -2.27. The zero-order valence-electron chi connectivity index (χ0n) is 29.1. The van der Waals surface area contributed by atoms with Gasteiger partial charge in [-0.3, -0.25) is 0 Å². The van der Waals surface area contributed by atoms with Gasteiger partial charge in [-0.15, -0.1) is 0 Å². The molecule has 2 aliphatic rings. The maximum atomic E-state index is 2.55. The first-order chi connectivity index (χ1) is 21.3. The smallest absolute Gasteiger partial charge is 0.00227 e. The van der Waals surface area contributed by atoms with E-state index in [1.165, 1.54) is 71.0 Å². The van der Waals surface area contributed by atoms with Gasteiger partial charge in [0.2, 0.25) is 0 Å². The van der Waals surface area contributed by atoms with E-state index >= 15 is 0 Å². The summed E-state index contributed by atoms with van der Waals surface area (Å²) in [6.45, 7) is 23.9. The Bertz CT molecular complexity index is 2010. The van der Waals surface area contributed by atoms with Crippen LogP contribution in [0, 0.1) is 10.4 Å². The molecule has 2 aliphatic carbocycles. The Morgan fingerprint density at radius 1 is 0.667 bits per heavy atom. The van der Waals surface area contributed by atoms with Gasteiger partial charge in [0.25, 0.3) is 0 Å². The second-order valence-corrected chi connectivity index (χ2v) is 15.7. The molecule has 0 saturated carbocycles. The summed E-state index contributed by atoms with van der Waals surface area (Å²) < 4.78 is 0. The lowest BCUT2D eigenvalue weighted by Gasteiger charge is -2.32. The SMILES string of the molecule is CC(C)c1c(C(C)(C)C)c(C2=CC=CC2)c2c(c1C(C)C)=c1c(cc(C(C)(C)C)cc1=C(c1ccccc1)c1ccccc1)C=2. The van der Waals surface area contributed by atoms with Crippen LogP contribution in [0.5, 0.6) is 0 Å². The number of hydrogen-bond donors (Lipinski definition) is 0. The minimum atomic E-state index is 0.00438. The first-order valence-corrected chi connectivity index (χ1v) is 16.9. The van der Waals surface area contributed by atoms with Gasteiger partial charge in [-0.25, -0.2) is 0 Å². The fourth-order valence-electron chi connectivity index (χ4n) is 7.70.